The molecule has 0 fully saturated rings. The SMILES string of the molecule is CC(C)CNCc1ccc(COC(C)C(C)C)s1. The summed E-state index contributed by atoms with van der Waals surface area (Å²) in [5, 5.41) is 3.47. The fraction of sp³-hybridized carbons (Fsp3) is 0.733. The highest BCUT2D eigenvalue weighted by molar-refractivity contribution is 7.11. The van der Waals surface area contributed by atoms with Crippen LogP contribution in [0, 0.1) is 11.8 Å². The van der Waals surface area contributed by atoms with Gasteiger partial charge in [0.1, 0.15) is 0 Å². The Kier molecular flexibility index (Phi) is 6.90. The lowest BCUT2D eigenvalue weighted by Crippen LogP contribution is -2.18. The Labute approximate surface area is 116 Å². The van der Waals surface area contributed by atoms with E-state index in [1.54, 1.807) is 0 Å². The van der Waals surface area contributed by atoms with Crippen LogP contribution in [0.4, 0.5) is 0 Å². The Hall–Kier alpha value is -0.380. The van der Waals surface area contributed by atoms with Crippen molar-refractivity contribution in [3.8, 4) is 0 Å². The van der Waals surface area contributed by atoms with E-state index < -0.39 is 0 Å². The van der Waals surface area contributed by atoms with Gasteiger partial charge < -0.3 is 10.1 Å². The number of hydrogen-bond donors (Lipinski definition) is 1. The Morgan fingerprint density at radius 1 is 1.11 bits per heavy atom. The average molecular weight is 269 g/mol. The Bertz CT molecular complexity index is 333. The van der Waals surface area contributed by atoms with Crippen LogP contribution in [0.25, 0.3) is 0 Å². The molecule has 1 aromatic heterocycles. The molecule has 0 saturated carbocycles. The maximum absolute atomic E-state index is 5.84. The van der Waals surface area contributed by atoms with Gasteiger partial charge in [0.05, 0.1) is 12.7 Å². The van der Waals surface area contributed by atoms with Crippen molar-refractivity contribution in [2.24, 2.45) is 11.8 Å². The predicted molar refractivity (Wildman–Crippen MR) is 80.0 cm³/mol. The lowest BCUT2D eigenvalue weighted by atomic mass is 10.1. The van der Waals surface area contributed by atoms with Crippen molar-refractivity contribution in [3.05, 3.63) is 21.9 Å². The molecule has 0 radical (unpaired) electrons. The van der Waals surface area contributed by atoms with Crippen molar-refractivity contribution in [2.75, 3.05) is 6.54 Å². The van der Waals surface area contributed by atoms with Crippen LogP contribution in [0.1, 0.15) is 44.4 Å². The van der Waals surface area contributed by atoms with Crippen LogP contribution in [0.3, 0.4) is 0 Å². The van der Waals surface area contributed by atoms with Gasteiger partial charge in [-0.1, -0.05) is 27.7 Å². The van der Waals surface area contributed by atoms with Crippen LogP contribution in [0.5, 0.6) is 0 Å². The van der Waals surface area contributed by atoms with Crippen molar-refractivity contribution < 1.29 is 4.74 Å². The summed E-state index contributed by atoms with van der Waals surface area (Å²) in [6, 6.07) is 4.39. The topological polar surface area (TPSA) is 21.3 Å². The van der Waals surface area contributed by atoms with E-state index in [0.717, 1.165) is 19.7 Å². The molecule has 0 aliphatic rings. The van der Waals surface area contributed by atoms with E-state index in [4.69, 9.17) is 4.74 Å². The molecule has 3 heteroatoms. The van der Waals surface area contributed by atoms with Gasteiger partial charge in [-0.25, -0.2) is 0 Å². The third-order valence-electron chi connectivity index (χ3n) is 3.00. The molecule has 0 bridgehead atoms. The highest BCUT2D eigenvalue weighted by Crippen LogP contribution is 2.19. The first kappa shape index (κ1) is 15.7. The van der Waals surface area contributed by atoms with Crippen LogP contribution in [-0.2, 0) is 17.9 Å². The zero-order valence-electron chi connectivity index (χ0n) is 12.3. The number of hydrogen-bond acceptors (Lipinski definition) is 3. The first-order valence-electron chi connectivity index (χ1n) is 6.89. The highest BCUT2D eigenvalue weighted by atomic mass is 32.1. The summed E-state index contributed by atoms with van der Waals surface area (Å²) in [6.07, 6.45) is 0.328. The van der Waals surface area contributed by atoms with Crippen LogP contribution < -0.4 is 5.32 Å². The van der Waals surface area contributed by atoms with Crippen molar-refractivity contribution in [3.63, 3.8) is 0 Å². The van der Waals surface area contributed by atoms with Gasteiger partial charge in [0.25, 0.3) is 0 Å². The summed E-state index contributed by atoms with van der Waals surface area (Å²) in [7, 11) is 0. The second-order valence-corrected chi connectivity index (χ2v) is 6.91. The lowest BCUT2D eigenvalue weighted by molar-refractivity contribution is 0.0249. The predicted octanol–water partition coefficient (Wildman–Crippen LogP) is 4.05. The molecule has 1 heterocycles. The van der Waals surface area contributed by atoms with Gasteiger partial charge >= 0.3 is 0 Å². The largest absolute Gasteiger partial charge is 0.373 e. The Morgan fingerprint density at radius 3 is 2.39 bits per heavy atom. The number of thiophene rings is 1. The van der Waals surface area contributed by atoms with Gasteiger partial charge in [0, 0.05) is 16.3 Å². The summed E-state index contributed by atoms with van der Waals surface area (Å²) in [6.45, 7) is 13.8. The van der Waals surface area contributed by atoms with Crippen LogP contribution >= 0.6 is 11.3 Å². The second kappa shape index (κ2) is 7.93. The van der Waals surface area contributed by atoms with Crippen molar-refractivity contribution in [2.45, 2.75) is 53.9 Å². The summed E-state index contributed by atoms with van der Waals surface area (Å²) in [5.41, 5.74) is 0. The molecular weight excluding hydrogens is 242 g/mol. The Balaban J connectivity index is 2.30. The van der Waals surface area contributed by atoms with Crippen LogP contribution in [-0.4, -0.2) is 12.6 Å². The minimum absolute atomic E-state index is 0.328. The van der Waals surface area contributed by atoms with E-state index in [2.05, 4.69) is 52.1 Å². The third-order valence-corrected chi connectivity index (χ3v) is 4.06. The van der Waals surface area contributed by atoms with Gasteiger partial charge in [-0.05, 0) is 37.4 Å². The van der Waals surface area contributed by atoms with E-state index in [1.165, 1.54) is 9.75 Å². The second-order valence-electron chi connectivity index (χ2n) is 5.65. The van der Waals surface area contributed by atoms with Crippen LogP contribution in [0.15, 0.2) is 12.1 Å². The minimum Gasteiger partial charge on any atom is -0.373 e. The van der Waals surface area contributed by atoms with Crippen molar-refractivity contribution in [1.82, 2.24) is 5.32 Å². The molecule has 1 atom stereocenters. The van der Waals surface area contributed by atoms with Crippen LogP contribution in [0.2, 0.25) is 0 Å². The van der Waals surface area contributed by atoms with E-state index >= 15 is 0 Å². The first-order valence-corrected chi connectivity index (χ1v) is 7.70. The van der Waals surface area contributed by atoms with E-state index in [0.29, 0.717) is 17.9 Å². The molecule has 0 spiro atoms. The molecule has 0 aromatic carbocycles. The fourth-order valence-corrected chi connectivity index (χ4v) is 2.40. The van der Waals surface area contributed by atoms with Gasteiger partial charge in [-0.3, -0.25) is 0 Å². The molecule has 1 N–H and O–H groups in total. The minimum atomic E-state index is 0.328. The molecule has 18 heavy (non-hydrogen) atoms. The van der Waals surface area contributed by atoms with E-state index in [-0.39, 0.29) is 0 Å². The zero-order chi connectivity index (χ0) is 13.5. The average Bonchev–Trinajstić information content (AvgIpc) is 2.73. The van der Waals surface area contributed by atoms with E-state index in [1.807, 2.05) is 11.3 Å². The molecule has 1 aromatic rings. The fourth-order valence-electron chi connectivity index (χ4n) is 1.48. The van der Waals surface area contributed by atoms with Gasteiger partial charge in [-0.15, -0.1) is 11.3 Å². The van der Waals surface area contributed by atoms with Gasteiger partial charge in [-0.2, -0.15) is 0 Å². The smallest absolute Gasteiger partial charge is 0.0813 e. The zero-order valence-corrected chi connectivity index (χ0v) is 13.1. The normalized spacial score (nSPS) is 13.5. The van der Waals surface area contributed by atoms with Crippen molar-refractivity contribution >= 4 is 11.3 Å². The summed E-state index contributed by atoms with van der Waals surface area (Å²) < 4.78 is 5.84. The van der Waals surface area contributed by atoms with Gasteiger partial charge in [0.15, 0.2) is 0 Å². The molecule has 1 unspecified atom stereocenters. The first-order chi connectivity index (χ1) is 8.49. The molecule has 2 nitrogen and oxygen atoms in total. The number of rotatable bonds is 8. The number of ether oxygens (including phenoxy) is 1. The molecule has 0 saturated heterocycles. The Morgan fingerprint density at radius 2 is 1.78 bits per heavy atom. The molecule has 1 rings (SSSR count). The third kappa shape index (κ3) is 5.98. The summed E-state index contributed by atoms with van der Waals surface area (Å²) in [5.74, 6) is 1.29. The summed E-state index contributed by atoms with van der Waals surface area (Å²) in [4.78, 5) is 2.72. The lowest BCUT2D eigenvalue weighted by Gasteiger charge is -2.15. The summed E-state index contributed by atoms with van der Waals surface area (Å²) >= 11 is 1.85. The maximum Gasteiger partial charge on any atom is 0.0813 e. The van der Waals surface area contributed by atoms with E-state index in [9.17, 15) is 0 Å². The monoisotopic (exact) mass is 269 g/mol. The quantitative estimate of drug-likeness (QED) is 0.768. The molecule has 104 valence electrons. The van der Waals surface area contributed by atoms with Crippen molar-refractivity contribution in [1.29, 1.82) is 0 Å². The molecule has 0 amide bonds. The highest BCUT2D eigenvalue weighted by Gasteiger charge is 2.08. The molecule has 0 aliphatic heterocycles. The molecule has 0 aliphatic carbocycles. The van der Waals surface area contributed by atoms with Gasteiger partial charge in [0.2, 0.25) is 0 Å². The standard InChI is InChI=1S/C15H27NOS/c1-11(2)8-16-9-14-6-7-15(18-14)10-17-13(5)12(3)4/h6-7,11-13,16H,8-10H2,1-5H3. The molecular formula is C15H27NOS. The maximum atomic E-state index is 5.84. The number of nitrogens with one attached hydrogen (secondary N) is 1.